The number of carboxylic acid groups (broad SMARTS) is 1. The van der Waals surface area contributed by atoms with Crippen molar-refractivity contribution in [3.05, 3.63) is 0 Å². The van der Waals surface area contributed by atoms with Crippen molar-refractivity contribution in [2.45, 2.75) is 105 Å². The second kappa shape index (κ2) is 9.28. The maximum absolute atomic E-state index is 11.0. The molecule has 3 heteroatoms. The molecule has 0 bridgehead atoms. The number of aliphatic hydroxyl groups excluding tert-OH is 1. The molecule has 4 aliphatic carbocycles. The van der Waals surface area contributed by atoms with Gasteiger partial charge >= 0.3 is 5.97 Å². The van der Waals surface area contributed by atoms with Crippen LogP contribution in [0, 0.1) is 52.8 Å². The predicted octanol–water partition coefficient (Wildman–Crippen LogP) is 6.39. The summed E-state index contributed by atoms with van der Waals surface area (Å²) >= 11 is 0. The first-order chi connectivity index (χ1) is 13.8. The van der Waals surface area contributed by atoms with Gasteiger partial charge in [-0.05, 0) is 111 Å². The van der Waals surface area contributed by atoms with Crippen LogP contribution in [-0.4, -0.2) is 22.3 Å². The molecule has 0 aromatic rings. The quantitative estimate of drug-likeness (QED) is 0.569. The van der Waals surface area contributed by atoms with Crippen LogP contribution in [0.25, 0.3) is 0 Å². The fourth-order valence-corrected chi connectivity index (χ4v) is 8.62. The SMILES string of the molecule is CC.CC(CCC(=O)O)C1CCC2C1CCC1C2C(C)CC2CC(O)CCC21C. The van der Waals surface area contributed by atoms with Crippen LogP contribution in [0.3, 0.4) is 0 Å². The summed E-state index contributed by atoms with van der Waals surface area (Å²) in [6, 6.07) is 0. The van der Waals surface area contributed by atoms with E-state index in [2.05, 4.69) is 20.8 Å². The molecule has 0 spiro atoms. The van der Waals surface area contributed by atoms with Gasteiger partial charge in [-0.1, -0.05) is 34.6 Å². The van der Waals surface area contributed by atoms with Crippen molar-refractivity contribution in [1.82, 2.24) is 0 Å². The van der Waals surface area contributed by atoms with Crippen molar-refractivity contribution < 1.29 is 15.0 Å². The van der Waals surface area contributed by atoms with Gasteiger partial charge < -0.3 is 10.2 Å². The molecule has 0 amide bonds. The van der Waals surface area contributed by atoms with Crippen molar-refractivity contribution >= 4 is 5.97 Å². The summed E-state index contributed by atoms with van der Waals surface area (Å²) in [5.74, 6) is 5.62. The lowest BCUT2D eigenvalue weighted by molar-refractivity contribution is -0.137. The predicted molar refractivity (Wildman–Crippen MR) is 119 cm³/mol. The lowest BCUT2D eigenvalue weighted by atomic mass is 9.44. The number of hydrogen-bond acceptors (Lipinski definition) is 2. The van der Waals surface area contributed by atoms with Crippen LogP contribution >= 0.6 is 0 Å². The highest BCUT2D eigenvalue weighted by atomic mass is 16.4. The number of fused-ring (bicyclic) bond motifs is 5. The van der Waals surface area contributed by atoms with Crippen molar-refractivity contribution in [2.24, 2.45) is 52.8 Å². The van der Waals surface area contributed by atoms with E-state index in [1.807, 2.05) is 13.8 Å². The van der Waals surface area contributed by atoms with E-state index < -0.39 is 5.97 Å². The molecule has 4 rings (SSSR count). The van der Waals surface area contributed by atoms with Gasteiger partial charge in [-0.3, -0.25) is 4.79 Å². The Balaban J connectivity index is 0.00000117. The summed E-state index contributed by atoms with van der Waals surface area (Å²) in [4.78, 5) is 11.0. The summed E-state index contributed by atoms with van der Waals surface area (Å²) in [6.45, 7) is 11.4. The zero-order chi connectivity index (χ0) is 21.3. The van der Waals surface area contributed by atoms with Gasteiger partial charge in [0.2, 0.25) is 0 Å². The molecule has 4 fully saturated rings. The minimum atomic E-state index is -0.639. The summed E-state index contributed by atoms with van der Waals surface area (Å²) < 4.78 is 0. The first kappa shape index (κ1) is 23.1. The Morgan fingerprint density at radius 3 is 2.45 bits per heavy atom. The van der Waals surface area contributed by atoms with E-state index >= 15 is 0 Å². The Bertz CT molecular complexity index is 560. The van der Waals surface area contributed by atoms with E-state index in [1.54, 1.807) is 0 Å². The molecule has 10 unspecified atom stereocenters. The van der Waals surface area contributed by atoms with Crippen LogP contribution in [0.1, 0.15) is 98.8 Å². The minimum absolute atomic E-state index is 0.0610. The third-order valence-electron chi connectivity index (χ3n) is 9.91. The Hall–Kier alpha value is -0.570. The van der Waals surface area contributed by atoms with Crippen molar-refractivity contribution in [1.29, 1.82) is 0 Å². The molecular formula is C26H46O3. The number of hydrogen-bond donors (Lipinski definition) is 2. The Morgan fingerprint density at radius 1 is 1.07 bits per heavy atom. The molecule has 10 atom stereocenters. The van der Waals surface area contributed by atoms with Crippen LogP contribution in [0.4, 0.5) is 0 Å². The van der Waals surface area contributed by atoms with Crippen LogP contribution in [-0.2, 0) is 4.79 Å². The zero-order valence-electron chi connectivity index (χ0n) is 19.6. The fraction of sp³-hybridized carbons (Fsp3) is 0.962. The second-order valence-corrected chi connectivity index (χ2v) is 11.1. The maximum atomic E-state index is 11.0. The number of aliphatic hydroxyl groups is 1. The van der Waals surface area contributed by atoms with E-state index in [0.717, 1.165) is 60.7 Å². The molecule has 0 aliphatic heterocycles. The molecule has 4 saturated carbocycles. The van der Waals surface area contributed by atoms with Crippen LogP contribution in [0.15, 0.2) is 0 Å². The highest BCUT2D eigenvalue weighted by Gasteiger charge is 2.58. The summed E-state index contributed by atoms with van der Waals surface area (Å²) in [5, 5.41) is 19.3. The van der Waals surface area contributed by atoms with Crippen molar-refractivity contribution in [3.63, 3.8) is 0 Å². The fourth-order valence-electron chi connectivity index (χ4n) is 8.62. The monoisotopic (exact) mass is 406 g/mol. The first-order valence-corrected chi connectivity index (χ1v) is 12.7. The number of aliphatic carboxylic acids is 1. The van der Waals surface area contributed by atoms with Gasteiger partial charge in [-0.2, -0.15) is 0 Å². The number of carboxylic acids is 1. The topological polar surface area (TPSA) is 57.5 Å². The van der Waals surface area contributed by atoms with Gasteiger partial charge in [0.1, 0.15) is 0 Å². The Labute approximate surface area is 179 Å². The molecule has 0 aromatic heterocycles. The molecule has 0 saturated heterocycles. The molecule has 2 N–H and O–H groups in total. The Kier molecular flexibility index (Phi) is 7.40. The smallest absolute Gasteiger partial charge is 0.303 e. The third-order valence-corrected chi connectivity index (χ3v) is 9.91. The molecule has 29 heavy (non-hydrogen) atoms. The molecule has 0 heterocycles. The minimum Gasteiger partial charge on any atom is -0.481 e. The van der Waals surface area contributed by atoms with Gasteiger partial charge in [0, 0.05) is 6.42 Å². The lowest BCUT2D eigenvalue weighted by Gasteiger charge is -2.61. The Morgan fingerprint density at radius 2 is 1.76 bits per heavy atom. The number of rotatable bonds is 4. The molecule has 3 nitrogen and oxygen atoms in total. The first-order valence-electron chi connectivity index (χ1n) is 12.7. The third kappa shape index (κ3) is 4.27. The van der Waals surface area contributed by atoms with E-state index in [9.17, 15) is 9.90 Å². The normalized spacial score (nSPS) is 47.1. The summed E-state index contributed by atoms with van der Waals surface area (Å²) in [5.41, 5.74) is 0.453. The highest BCUT2D eigenvalue weighted by Crippen LogP contribution is 2.65. The van der Waals surface area contributed by atoms with Crippen LogP contribution < -0.4 is 0 Å². The average Bonchev–Trinajstić information content (AvgIpc) is 3.13. The second-order valence-electron chi connectivity index (χ2n) is 11.1. The van der Waals surface area contributed by atoms with Gasteiger partial charge in [0.15, 0.2) is 0 Å². The summed E-state index contributed by atoms with van der Waals surface area (Å²) in [6.07, 6.45) is 11.2. The zero-order valence-corrected chi connectivity index (χ0v) is 19.6. The lowest BCUT2D eigenvalue weighted by Crippen LogP contribution is -2.54. The van der Waals surface area contributed by atoms with Crippen LogP contribution in [0.5, 0.6) is 0 Å². The van der Waals surface area contributed by atoms with Crippen molar-refractivity contribution in [2.75, 3.05) is 0 Å². The van der Waals surface area contributed by atoms with Gasteiger partial charge in [-0.15, -0.1) is 0 Å². The molecule has 168 valence electrons. The molecule has 0 radical (unpaired) electrons. The van der Waals surface area contributed by atoms with E-state index in [-0.39, 0.29) is 6.10 Å². The van der Waals surface area contributed by atoms with Gasteiger partial charge in [0.05, 0.1) is 6.10 Å². The largest absolute Gasteiger partial charge is 0.481 e. The van der Waals surface area contributed by atoms with E-state index in [4.69, 9.17) is 5.11 Å². The standard InChI is InChI=1S/C24H40O3.C2H6/c1-14(4-9-22(26)27)18-5-6-20-19(18)7-8-21-23(20)15(2)12-16-13-17(25)10-11-24(16,21)3;1-2/h14-21,23,25H,4-13H2,1-3H3,(H,26,27);1-2H3. The summed E-state index contributed by atoms with van der Waals surface area (Å²) in [7, 11) is 0. The number of carbonyl (C=O) groups is 1. The molecular weight excluding hydrogens is 360 g/mol. The molecule has 4 aliphatic rings. The van der Waals surface area contributed by atoms with E-state index in [0.29, 0.717) is 17.8 Å². The average molecular weight is 407 g/mol. The highest BCUT2D eigenvalue weighted by molar-refractivity contribution is 5.66. The van der Waals surface area contributed by atoms with Crippen molar-refractivity contribution in [3.8, 4) is 0 Å². The van der Waals surface area contributed by atoms with Gasteiger partial charge in [-0.25, -0.2) is 0 Å². The maximum Gasteiger partial charge on any atom is 0.303 e. The van der Waals surface area contributed by atoms with Crippen LogP contribution in [0.2, 0.25) is 0 Å². The van der Waals surface area contributed by atoms with E-state index in [1.165, 1.54) is 38.5 Å². The van der Waals surface area contributed by atoms with Gasteiger partial charge in [0.25, 0.3) is 0 Å². The molecule has 0 aromatic carbocycles.